The van der Waals surface area contributed by atoms with E-state index in [4.69, 9.17) is 0 Å². The van der Waals surface area contributed by atoms with Crippen LogP contribution in [0.15, 0.2) is 47.4 Å². The fourth-order valence-corrected chi connectivity index (χ4v) is 4.02. The minimum Gasteiger partial charge on any atom is -0.393 e. The molecule has 0 saturated heterocycles. The molecule has 21 heavy (non-hydrogen) atoms. The van der Waals surface area contributed by atoms with Crippen molar-refractivity contribution in [2.75, 3.05) is 6.54 Å². The van der Waals surface area contributed by atoms with E-state index in [0.29, 0.717) is 6.54 Å². The predicted octanol–water partition coefficient (Wildman–Crippen LogP) is 2.28. The Morgan fingerprint density at radius 3 is 2.57 bits per heavy atom. The molecule has 5 heteroatoms. The molecular formula is C16H19NO3S. The van der Waals surface area contributed by atoms with Gasteiger partial charge in [0, 0.05) is 6.54 Å². The molecule has 1 aliphatic rings. The van der Waals surface area contributed by atoms with Gasteiger partial charge in [-0.05, 0) is 41.7 Å². The molecule has 0 radical (unpaired) electrons. The van der Waals surface area contributed by atoms with E-state index in [-0.39, 0.29) is 16.9 Å². The van der Waals surface area contributed by atoms with E-state index in [0.717, 1.165) is 30.0 Å². The van der Waals surface area contributed by atoms with Gasteiger partial charge in [-0.2, -0.15) is 0 Å². The third-order valence-electron chi connectivity index (χ3n) is 4.19. The number of aliphatic hydroxyl groups excluding tert-OH is 1. The standard InChI is InChI=1S/C16H19NO3S/c18-16-7-3-6-14(16)11-17-21(19,20)15-9-8-12-4-1-2-5-13(12)10-15/h1-2,4-5,8-10,14,16-18H,3,6-7,11H2. The summed E-state index contributed by atoms with van der Waals surface area (Å²) in [5.74, 6) is 0.0280. The van der Waals surface area contributed by atoms with Crippen molar-refractivity contribution in [2.24, 2.45) is 5.92 Å². The maximum absolute atomic E-state index is 12.3. The molecule has 0 amide bonds. The number of nitrogens with one attached hydrogen (secondary N) is 1. The zero-order valence-corrected chi connectivity index (χ0v) is 12.5. The highest BCUT2D eigenvalue weighted by Crippen LogP contribution is 2.25. The number of benzene rings is 2. The van der Waals surface area contributed by atoms with Crippen molar-refractivity contribution in [2.45, 2.75) is 30.3 Å². The van der Waals surface area contributed by atoms with Crippen LogP contribution >= 0.6 is 0 Å². The first kappa shape index (κ1) is 14.5. The van der Waals surface area contributed by atoms with Crippen LogP contribution in [0.1, 0.15) is 19.3 Å². The molecule has 2 aromatic carbocycles. The molecule has 112 valence electrons. The number of aliphatic hydroxyl groups is 1. The van der Waals surface area contributed by atoms with Crippen LogP contribution in [-0.2, 0) is 10.0 Å². The van der Waals surface area contributed by atoms with Gasteiger partial charge >= 0.3 is 0 Å². The highest BCUT2D eigenvalue weighted by molar-refractivity contribution is 7.89. The smallest absolute Gasteiger partial charge is 0.240 e. The molecule has 2 aromatic rings. The van der Waals surface area contributed by atoms with Crippen LogP contribution in [0.25, 0.3) is 10.8 Å². The molecular weight excluding hydrogens is 286 g/mol. The van der Waals surface area contributed by atoms with Crippen LogP contribution in [0, 0.1) is 5.92 Å². The summed E-state index contributed by atoms with van der Waals surface area (Å²) in [4.78, 5) is 0.272. The van der Waals surface area contributed by atoms with Gasteiger partial charge in [0.25, 0.3) is 0 Å². The highest BCUT2D eigenvalue weighted by atomic mass is 32.2. The van der Waals surface area contributed by atoms with Gasteiger partial charge < -0.3 is 5.11 Å². The average Bonchev–Trinajstić information content (AvgIpc) is 2.90. The summed E-state index contributed by atoms with van der Waals surface area (Å²) in [6.07, 6.45) is 2.22. The van der Waals surface area contributed by atoms with E-state index < -0.39 is 10.0 Å². The van der Waals surface area contributed by atoms with E-state index in [1.807, 2.05) is 30.3 Å². The lowest BCUT2D eigenvalue weighted by Crippen LogP contribution is -2.32. The van der Waals surface area contributed by atoms with E-state index in [9.17, 15) is 13.5 Å². The van der Waals surface area contributed by atoms with E-state index >= 15 is 0 Å². The summed E-state index contributed by atoms with van der Waals surface area (Å²) < 4.78 is 27.3. The monoisotopic (exact) mass is 305 g/mol. The van der Waals surface area contributed by atoms with Gasteiger partial charge in [0.15, 0.2) is 0 Å². The van der Waals surface area contributed by atoms with Gasteiger partial charge in [-0.25, -0.2) is 13.1 Å². The second-order valence-corrected chi connectivity index (χ2v) is 7.39. The molecule has 0 aromatic heterocycles. The Morgan fingerprint density at radius 2 is 1.86 bits per heavy atom. The minimum atomic E-state index is -3.52. The Hall–Kier alpha value is -1.43. The van der Waals surface area contributed by atoms with E-state index in [2.05, 4.69) is 4.72 Å². The Balaban J connectivity index is 1.79. The molecule has 2 atom stereocenters. The molecule has 3 rings (SSSR count). The molecule has 0 aliphatic heterocycles. The van der Waals surface area contributed by atoms with E-state index in [1.54, 1.807) is 12.1 Å². The van der Waals surface area contributed by atoms with Gasteiger partial charge in [-0.1, -0.05) is 36.8 Å². The molecule has 4 nitrogen and oxygen atoms in total. The average molecular weight is 305 g/mol. The Bertz CT molecular complexity index is 742. The second kappa shape index (κ2) is 5.75. The fraction of sp³-hybridized carbons (Fsp3) is 0.375. The van der Waals surface area contributed by atoms with Crippen LogP contribution in [0.4, 0.5) is 0 Å². The number of sulfonamides is 1. The molecule has 0 heterocycles. The summed E-state index contributed by atoms with van der Waals surface area (Å²) in [6, 6.07) is 12.8. The predicted molar refractivity (Wildman–Crippen MR) is 82.5 cm³/mol. The summed E-state index contributed by atoms with van der Waals surface area (Å²) in [5.41, 5.74) is 0. The lowest BCUT2D eigenvalue weighted by molar-refractivity contribution is 0.134. The molecule has 1 aliphatic carbocycles. The van der Waals surface area contributed by atoms with Crippen LogP contribution in [0.3, 0.4) is 0 Å². The van der Waals surface area contributed by atoms with Crippen LogP contribution in [0.5, 0.6) is 0 Å². The van der Waals surface area contributed by atoms with Crippen molar-refractivity contribution < 1.29 is 13.5 Å². The summed E-state index contributed by atoms with van der Waals surface area (Å²) in [6.45, 7) is 0.302. The third-order valence-corrected chi connectivity index (χ3v) is 5.61. The lowest BCUT2D eigenvalue weighted by Gasteiger charge is -2.15. The maximum Gasteiger partial charge on any atom is 0.240 e. The van der Waals surface area contributed by atoms with Gasteiger partial charge in [0.05, 0.1) is 11.0 Å². The molecule has 2 N–H and O–H groups in total. The number of fused-ring (bicyclic) bond motifs is 1. The lowest BCUT2D eigenvalue weighted by atomic mass is 10.1. The summed E-state index contributed by atoms with van der Waals surface area (Å²) in [7, 11) is -3.52. The number of hydrogen-bond acceptors (Lipinski definition) is 3. The fourth-order valence-electron chi connectivity index (χ4n) is 2.89. The normalized spacial score (nSPS) is 22.7. The summed E-state index contributed by atoms with van der Waals surface area (Å²) in [5, 5.41) is 11.7. The molecule has 0 spiro atoms. The van der Waals surface area contributed by atoms with Crippen molar-refractivity contribution in [3.8, 4) is 0 Å². The Kier molecular flexibility index (Phi) is 3.97. The van der Waals surface area contributed by atoms with Crippen molar-refractivity contribution in [3.63, 3.8) is 0 Å². The van der Waals surface area contributed by atoms with Gasteiger partial charge in [0.1, 0.15) is 0 Å². The molecule has 1 fully saturated rings. The van der Waals surface area contributed by atoms with E-state index in [1.165, 1.54) is 0 Å². The van der Waals surface area contributed by atoms with Crippen molar-refractivity contribution in [1.82, 2.24) is 4.72 Å². The zero-order chi connectivity index (χ0) is 14.9. The van der Waals surface area contributed by atoms with Gasteiger partial charge in [-0.3, -0.25) is 0 Å². The quantitative estimate of drug-likeness (QED) is 0.910. The van der Waals surface area contributed by atoms with Crippen molar-refractivity contribution in [3.05, 3.63) is 42.5 Å². The van der Waals surface area contributed by atoms with Crippen molar-refractivity contribution >= 4 is 20.8 Å². The summed E-state index contributed by atoms with van der Waals surface area (Å²) >= 11 is 0. The zero-order valence-electron chi connectivity index (χ0n) is 11.7. The SMILES string of the molecule is O=S(=O)(NCC1CCCC1O)c1ccc2ccccc2c1. The van der Waals surface area contributed by atoms with Gasteiger partial charge in [-0.15, -0.1) is 0 Å². The van der Waals surface area contributed by atoms with Crippen LogP contribution < -0.4 is 4.72 Å². The molecule has 1 saturated carbocycles. The Morgan fingerprint density at radius 1 is 1.10 bits per heavy atom. The first-order chi connectivity index (χ1) is 10.1. The molecule has 2 unspecified atom stereocenters. The van der Waals surface area contributed by atoms with Gasteiger partial charge in [0.2, 0.25) is 10.0 Å². The number of hydrogen-bond donors (Lipinski definition) is 2. The van der Waals surface area contributed by atoms with Crippen molar-refractivity contribution in [1.29, 1.82) is 0 Å². The first-order valence-corrected chi connectivity index (χ1v) is 8.71. The topological polar surface area (TPSA) is 66.4 Å². The van der Waals surface area contributed by atoms with Crippen LogP contribution in [0.2, 0.25) is 0 Å². The van der Waals surface area contributed by atoms with Crippen LogP contribution in [-0.4, -0.2) is 26.2 Å². The maximum atomic E-state index is 12.3. The highest BCUT2D eigenvalue weighted by Gasteiger charge is 2.26. The second-order valence-electron chi connectivity index (χ2n) is 5.62. The third kappa shape index (κ3) is 3.10. The molecule has 0 bridgehead atoms. The largest absolute Gasteiger partial charge is 0.393 e. The Labute approximate surface area is 124 Å². The number of rotatable bonds is 4. The first-order valence-electron chi connectivity index (χ1n) is 7.23. The minimum absolute atomic E-state index is 0.0280.